The molecule has 174 valence electrons. The monoisotopic (exact) mass is 452 g/mol. The summed E-state index contributed by atoms with van der Waals surface area (Å²) in [6.07, 6.45) is 2.57. The van der Waals surface area contributed by atoms with Gasteiger partial charge in [0.1, 0.15) is 5.82 Å². The SMILES string of the molecule is NC(=O)C1CCN(CCc2ccc(NC(=O)C3CC(=O)N(c4ccccc4F)C3)cc2)CC1. The maximum Gasteiger partial charge on any atom is 0.229 e. The van der Waals surface area contributed by atoms with E-state index in [0.29, 0.717) is 5.69 Å². The van der Waals surface area contributed by atoms with Crippen molar-refractivity contribution in [2.45, 2.75) is 25.7 Å². The lowest BCUT2D eigenvalue weighted by atomic mass is 9.96. The number of likely N-dealkylation sites (tertiary alicyclic amines) is 1. The molecule has 7 nitrogen and oxygen atoms in total. The Bertz CT molecular complexity index is 1020. The summed E-state index contributed by atoms with van der Waals surface area (Å²) in [5, 5.41) is 2.87. The minimum absolute atomic E-state index is 0.00176. The van der Waals surface area contributed by atoms with Gasteiger partial charge in [0, 0.05) is 31.1 Å². The molecular formula is C25H29FN4O3. The first-order chi connectivity index (χ1) is 15.9. The molecule has 2 aromatic rings. The van der Waals surface area contributed by atoms with Gasteiger partial charge in [-0.3, -0.25) is 14.4 Å². The van der Waals surface area contributed by atoms with Gasteiger partial charge < -0.3 is 20.9 Å². The summed E-state index contributed by atoms with van der Waals surface area (Å²) in [4.78, 5) is 40.0. The smallest absolute Gasteiger partial charge is 0.229 e. The molecule has 8 heteroatoms. The van der Waals surface area contributed by atoms with E-state index in [0.717, 1.165) is 44.5 Å². The van der Waals surface area contributed by atoms with E-state index >= 15 is 0 Å². The molecule has 3 N–H and O–H groups in total. The highest BCUT2D eigenvalue weighted by atomic mass is 19.1. The standard InChI is InChI=1S/C25H29FN4O3/c26-21-3-1-2-4-22(21)30-16-19(15-23(30)31)25(33)28-20-7-5-17(6-8-20)9-12-29-13-10-18(11-14-29)24(27)32/h1-8,18-19H,9-16H2,(H2,27,32)(H,28,33). The van der Waals surface area contributed by atoms with Crippen molar-refractivity contribution in [3.63, 3.8) is 0 Å². The van der Waals surface area contributed by atoms with Gasteiger partial charge in [-0.2, -0.15) is 0 Å². The first kappa shape index (κ1) is 22.9. The van der Waals surface area contributed by atoms with Gasteiger partial charge in [-0.05, 0) is 62.2 Å². The average molecular weight is 453 g/mol. The fraction of sp³-hybridized carbons (Fsp3) is 0.400. The molecule has 0 radical (unpaired) electrons. The Kier molecular flexibility index (Phi) is 7.03. The second-order valence-corrected chi connectivity index (χ2v) is 8.81. The number of carbonyl (C=O) groups excluding carboxylic acids is 3. The minimum Gasteiger partial charge on any atom is -0.369 e. The van der Waals surface area contributed by atoms with Gasteiger partial charge in [-0.1, -0.05) is 24.3 Å². The van der Waals surface area contributed by atoms with Gasteiger partial charge in [-0.25, -0.2) is 4.39 Å². The summed E-state index contributed by atoms with van der Waals surface area (Å²) in [7, 11) is 0. The molecule has 2 heterocycles. The van der Waals surface area contributed by atoms with E-state index in [9.17, 15) is 18.8 Å². The van der Waals surface area contributed by atoms with Crippen LogP contribution in [0.2, 0.25) is 0 Å². The molecular weight excluding hydrogens is 423 g/mol. The highest BCUT2D eigenvalue weighted by Crippen LogP contribution is 2.28. The van der Waals surface area contributed by atoms with Crippen LogP contribution in [0.4, 0.5) is 15.8 Å². The zero-order valence-electron chi connectivity index (χ0n) is 18.5. The molecule has 2 aliphatic heterocycles. The Balaban J connectivity index is 1.26. The highest BCUT2D eigenvalue weighted by molar-refractivity contribution is 6.03. The second kappa shape index (κ2) is 10.1. The van der Waals surface area contributed by atoms with Crippen LogP contribution in [0.1, 0.15) is 24.8 Å². The Hall–Kier alpha value is -3.26. The summed E-state index contributed by atoms with van der Waals surface area (Å²) in [6.45, 7) is 2.83. The number of primary amides is 1. The highest BCUT2D eigenvalue weighted by Gasteiger charge is 2.36. The van der Waals surface area contributed by atoms with Crippen molar-refractivity contribution in [3.05, 3.63) is 59.9 Å². The number of hydrogen-bond donors (Lipinski definition) is 2. The van der Waals surface area contributed by atoms with Gasteiger partial charge in [0.15, 0.2) is 0 Å². The number of rotatable bonds is 7. The van der Waals surface area contributed by atoms with Crippen LogP contribution in [0.15, 0.2) is 48.5 Å². The maximum absolute atomic E-state index is 14.0. The fourth-order valence-corrected chi connectivity index (χ4v) is 4.51. The minimum atomic E-state index is -0.528. The van der Waals surface area contributed by atoms with Gasteiger partial charge in [-0.15, -0.1) is 0 Å². The predicted molar refractivity (Wildman–Crippen MR) is 124 cm³/mol. The number of halogens is 1. The second-order valence-electron chi connectivity index (χ2n) is 8.81. The number of nitrogens with one attached hydrogen (secondary N) is 1. The Morgan fingerprint density at radius 3 is 2.39 bits per heavy atom. The Morgan fingerprint density at radius 1 is 1.03 bits per heavy atom. The summed E-state index contributed by atoms with van der Waals surface area (Å²) in [5.41, 5.74) is 7.43. The molecule has 2 aromatic carbocycles. The zero-order chi connectivity index (χ0) is 23.4. The van der Waals surface area contributed by atoms with Crippen LogP contribution in [-0.2, 0) is 20.8 Å². The zero-order valence-corrected chi connectivity index (χ0v) is 18.5. The topological polar surface area (TPSA) is 95.7 Å². The van der Waals surface area contributed by atoms with Crippen molar-refractivity contribution in [3.8, 4) is 0 Å². The molecule has 1 unspecified atom stereocenters. The molecule has 33 heavy (non-hydrogen) atoms. The van der Waals surface area contributed by atoms with Gasteiger partial charge in [0.2, 0.25) is 17.7 Å². The summed E-state index contributed by atoms with van der Waals surface area (Å²) < 4.78 is 14.0. The molecule has 1 atom stereocenters. The molecule has 3 amide bonds. The molecule has 0 aromatic heterocycles. The van der Waals surface area contributed by atoms with Crippen molar-refractivity contribution >= 4 is 29.1 Å². The van der Waals surface area contributed by atoms with E-state index in [1.165, 1.54) is 11.0 Å². The Labute approximate surface area is 192 Å². The van der Waals surface area contributed by atoms with E-state index in [4.69, 9.17) is 5.73 Å². The first-order valence-corrected chi connectivity index (χ1v) is 11.4. The van der Waals surface area contributed by atoms with Crippen molar-refractivity contribution in [2.75, 3.05) is 36.4 Å². The largest absolute Gasteiger partial charge is 0.369 e. The van der Waals surface area contributed by atoms with Crippen LogP contribution in [0.5, 0.6) is 0 Å². The third-order valence-corrected chi connectivity index (χ3v) is 6.57. The Morgan fingerprint density at radius 2 is 1.73 bits per heavy atom. The number of piperidine rings is 1. The van der Waals surface area contributed by atoms with Crippen LogP contribution >= 0.6 is 0 Å². The normalized spacial score (nSPS) is 19.6. The quantitative estimate of drug-likeness (QED) is 0.675. The molecule has 2 aliphatic rings. The van der Waals surface area contributed by atoms with Gasteiger partial charge >= 0.3 is 0 Å². The third-order valence-electron chi connectivity index (χ3n) is 6.57. The number of nitrogens with two attached hydrogens (primary N) is 1. The van der Waals surface area contributed by atoms with Crippen LogP contribution in [-0.4, -0.2) is 48.8 Å². The first-order valence-electron chi connectivity index (χ1n) is 11.4. The molecule has 0 spiro atoms. The van der Waals surface area contributed by atoms with Crippen molar-refractivity contribution in [1.29, 1.82) is 0 Å². The molecule has 0 saturated carbocycles. The van der Waals surface area contributed by atoms with Crippen LogP contribution in [0.3, 0.4) is 0 Å². The fourth-order valence-electron chi connectivity index (χ4n) is 4.51. The van der Waals surface area contributed by atoms with Crippen LogP contribution < -0.4 is 16.0 Å². The number of amides is 3. The van der Waals surface area contributed by atoms with Crippen LogP contribution in [0.25, 0.3) is 0 Å². The number of benzene rings is 2. The summed E-state index contributed by atoms with van der Waals surface area (Å²) in [6, 6.07) is 13.8. The van der Waals surface area contributed by atoms with Gasteiger partial charge in [0.25, 0.3) is 0 Å². The number of carbonyl (C=O) groups is 3. The van der Waals surface area contributed by atoms with Crippen molar-refractivity contribution in [1.82, 2.24) is 4.90 Å². The lowest BCUT2D eigenvalue weighted by Crippen LogP contribution is -2.39. The van der Waals surface area contributed by atoms with Crippen molar-refractivity contribution < 1.29 is 18.8 Å². The summed E-state index contributed by atoms with van der Waals surface area (Å²) >= 11 is 0. The number of nitrogens with zero attached hydrogens (tertiary/aromatic N) is 2. The molecule has 4 rings (SSSR count). The maximum atomic E-state index is 14.0. The average Bonchev–Trinajstić information content (AvgIpc) is 3.20. The van der Waals surface area contributed by atoms with E-state index in [-0.39, 0.29) is 42.3 Å². The van der Waals surface area contributed by atoms with E-state index < -0.39 is 11.7 Å². The molecule has 0 aliphatic carbocycles. The molecule has 2 fully saturated rings. The third kappa shape index (κ3) is 5.57. The van der Waals surface area contributed by atoms with E-state index in [1.54, 1.807) is 18.2 Å². The number of para-hydroxylation sites is 1. The number of hydrogen-bond acceptors (Lipinski definition) is 4. The lowest BCUT2D eigenvalue weighted by molar-refractivity contribution is -0.123. The van der Waals surface area contributed by atoms with E-state index in [1.807, 2.05) is 24.3 Å². The molecule has 0 bridgehead atoms. The number of anilines is 2. The predicted octanol–water partition coefficient (Wildman–Crippen LogP) is 2.56. The lowest BCUT2D eigenvalue weighted by Gasteiger charge is -2.30. The van der Waals surface area contributed by atoms with Crippen LogP contribution in [0, 0.1) is 17.7 Å². The molecule has 2 saturated heterocycles. The summed E-state index contributed by atoms with van der Waals surface area (Å²) in [5.74, 6) is -1.70. The van der Waals surface area contributed by atoms with E-state index in [2.05, 4.69) is 10.2 Å². The van der Waals surface area contributed by atoms with Crippen molar-refractivity contribution in [2.24, 2.45) is 17.6 Å². The van der Waals surface area contributed by atoms with Gasteiger partial charge in [0.05, 0.1) is 11.6 Å².